The second-order valence-electron chi connectivity index (χ2n) is 6.01. The minimum atomic E-state index is -3.30. The van der Waals surface area contributed by atoms with E-state index in [1.807, 2.05) is 0 Å². The number of sulfone groups is 1. The van der Waals surface area contributed by atoms with Crippen LogP contribution in [0.4, 0.5) is 0 Å². The average Bonchev–Trinajstić information content (AvgIpc) is 2.48. The average molecular weight is 378 g/mol. The SMILES string of the molecule is CCCCCCCCCCCCS(=O)(=O)c1cc(Cl)[c]c(Cl)c1. The van der Waals surface area contributed by atoms with Crippen molar-refractivity contribution in [1.82, 2.24) is 0 Å². The standard InChI is InChI=1S/C18H27Cl2O2S/c1-2-3-4-5-6-7-8-9-10-11-12-23(21,22)18-14-16(19)13-17(20)15-18/h14-15H,2-12H2,1H3. The summed E-state index contributed by atoms with van der Waals surface area (Å²) in [6.07, 6.45) is 11.8. The Labute approximate surface area is 151 Å². The topological polar surface area (TPSA) is 34.1 Å². The van der Waals surface area contributed by atoms with Crippen molar-refractivity contribution in [3.05, 3.63) is 28.2 Å². The van der Waals surface area contributed by atoms with Crippen molar-refractivity contribution in [2.24, 2.45) is 0 Å². The third-order valence-corrected chi connectivity index (χ3v) is 6.09. The highest BCUT2D eigenvalue weighted by molar-refractivity contribution is 7.91. The first-order chi connectivity index (χ1) is 11.0. The molecule has 131 valence electrons. The zero-order chi connectivity index (χ0) is 17.1. The summed E-state index contributed by atoms with van der Waals surface area (Å²) in [5.74, 6) is 0.153. The van der Waals surface area contributed by atoms with E-state index < -0.39 is 9.84 Å². The van der Waals surface area contributed by atoms with Crippen molar-refractivity contribution in [3.63, 3.8) is 0 Å². The Morgan fingerprint density at radius 1 is 0.826 bits per heavy atom. The molecule has 0 atom stereocenters. The van der Waals surface area contributed by atoms with Gasteiger partial charge < -0.3 is 0 Å². The fourth-order valence-corrected chi connectivity index (χ4v) is 4.59. The van der Waals surface area contributed by atoms with Crippen LogP contribution in [0.1, 0.15) is 71.1 Å². The van der Waals surface area contributed by atoms with Gasteiger partial charge in [-0.1, -0.05) is 87.9 Å². The second kappa shape index (κ2) is 11.3. The largest absolute Gasteiger partial charge is 0.224 e. The quantitative estimate of drug-likeness (QED) is 0.390. The predicted molar refractivity (Wildman–Crippen MR) is 99.2 cm³/mol. The van der Waals surface area contributed by atoms with E-state index in [2.05, 4.69) is 13.0 Å². The lowest BCUT2D eigenvalue weighted by Gasteiger charge is -2.06. The van der Waals surface area contributed by atoms with E-state index in [-0.39, 0.29) is 20.7 Å². The summed E-state index contributed by atoms with van der Waals surface area (Å²) in [6, 6.07) is 5.49. The molecule has 0 saturated carbocycles. The molecule has 0 heterocycles. The van der Waals surface area contributed by atoms with Crippen LogP contribution >= 0.6 is 23.2 Å². The molecule has 0 aromatic heterocycles. The lowest BCUT2D eigenvalue weighted by molar-refractivity contribution is 0.558. The molecule has 0 fully saturated rings. The van der Waals surface area contributed by atoms with Crippen LogP contribution in [0.15, 0.2) is 17.0 Å². The van der Waals surface area contributed by atoms with Crippen molar-refractivity contribution >= 4 is 33.0 Å². The molecule has 0 N–H and O–H groups in total. The molecule has 0 saturated heterocycles. The van der Waals surface area contributed by atoms with Gasteiger partial charge in [-0.25, -0.2) is 8.42 Å². The number of halogens is 2. The van der Waals surface area contributed by atoms with Gasteiger partial charge in [-0.2, -0.15) is 0 Å². The Hall–Kier alpha value is -0.250. The van der Waals surface area contributed by atoms with Crippen LogP contribution in [0.2, 0.25) is 10.0 Å². The molecule has 1 aromatic rings. The Morgan fingerprint density at radius 3 is 1.74 bits per heavy atom. The van der Waals surface area contributed by atoms with E-state index >= 15 is 0 Å². The van der Waals surface area contributed by atoms with Crippen molar-refractivity contribution in [3.8, 4) is 0 Å². The summed E-state index contributed by atoms with van der Waals surface area (Å²) in [6.45, 7) is 2.23. The van der Waals surface area contributed by atoms with Crippen molar-refractivity contribution in [2.45, 2.75) is 76.0 Å². The highest BCUT2D eigenvalue weighted by atomic mass is 35.5. The molecule has 0 aliphatic carbocycles. The highest BCUT2D eigenvalue weighted by Crippen LogP contribution is 2.23. The number of hydrogen-bond acceptors (Lipinski definition) is 2. The lowest BCUT2D eigenvalue weighted by atomic mass is 10.1. The summed E-state index contributed by atoms with van der Waals surface area (Å²) < 4.78 is 24.5. The Balaban J connectivity index is 2.19. The van der Waals surface area contributed by atoms with Crippen LogP contribution in [0, 0.1) is 6.07 Å². The van der Waals surface area contributed by atoms with Crippen LogP contribution in [0.25, 0.3) is 0 Å². The molecule has 0 unspecified atom stereocenters. The molecule has 1 aromatic carbocycles. The molecular formula is C18H27Cl2O2S. The monoisotopic (exact) mass is 377 g/mol. The predicted octanol–water partition coefficient (Wildman–Crippen LogP) is 6.49. The van der Waals surface area contributed by atoms with Crippen molar-refractivity contribution < 1.29 is 8.42 Å². The van der Waals surface area contributed by atoms with Gasteiger partial charge in [0.2, 0.25) is 0 Å². The number of hydrogen-bond donors (Lipinski definition) is 0. The lowest BCUT2D eigenvalue weighted by Crippen LogP contribution is -2.07. The van der Waals surface area contributed by atoms with Gasteiger partial charge in [0.25, 0.3) is 0 Å². The Kier molecular flexibility index (Phi) is 10.2. The molecule has 2 nitrogen and oxygen atoms in total. The van der Waals surface area contributed by atoms with Gasteiger partial charge >= 0.3 is 0 Å². The van der Waals surface area contributed by atoms with Gasteiger partial charge in [0, 0.05) is 6.07 Å². The van der Waals surface area contributed by atoms with Crippen LogP contribution in [0.3, 0.4) is 0 Å². The highest BCUT2D eigenvalue weighted by Gasteiger charge is 2.15. The van der Waals surface area contributed by atoms with Crippen LogP contribution in [-0.4, -0.2) is 14.2 Å². The molecule has 5 heteroatoms. The molecule has 0 spiro atoms. The van der Waals surface area contributed by atoms with Gasteiger partial charge in [-0.15, -0.1) is 0 Å². The Morgan fingerprint density at radius 2 is 1.26 bits per heavy atom. The molecule has 0 bridgehead atoms. The minimum Gasteiger partial charge on any atom is -0.224 e. The number of rotatable bonds is 12. The molecule has 0 amide bonds. The van der Waals surface area contributed by atoms with E-state index in [0.717, 1.165) is 12.8 Å². The van der Waals surface area contributed by atoms with Gasteiger partial charge in [-0.3, -0.25) is 0 Å². The fraction of sp³-hybridized carbons (Fsp3) is 0.667. The van der Waals surface area contributed by atoms with Gasteiger partial charge in [-0.05, 0) is 18.6 Å². The summed E-state index contributed by atoms with van der Waals surface area (Å²) in [4.78, 5) is 0.196. The molecule has 1 radical (unpaired) electrons. The first-order valence-electron chi connectivity index (χ1n) is 8.57. The summed E-state index contributed by atoms with van der Waals surface area (Å²) in [5.41, 5.74) is 0. The minimum absolute atomic E-state index is 0.153. The smallest absolute Gasteiger partial charge is 0.178 e. The van der Waals surface area contributed by atoms with E-state index in [1.165, 1.54) is 57.1 Å². The van der Waals surface area contributed by atoms with Gasteiger partial charge in [0.1, 0.15) is 0 Å². The molecule has 0 aliphatic rings. The van der Waals surface area contributed by atoms with Crippen LogP contribution < -0.4 is 0 Å². The molecular weight excluding hydrogens is 351 g/mol. The summed E-state index contributed by atoms with van der Waals surface area (Å²) in [5, 5.41) is 0.471. The molecule has 23 heavy (non-hydrogen) atoms. The second-order valence-corrected chi connectivity index (χ2v) is 8.94. The van der Waals surface area contributed by atoms with E-state index in [4.69, 9.17) is 23.2 Å². The third kappa shape index (κ3) is 8.97. The van der Waals surface area contributed by atoms with Gasteiger partial charge in [0.05, 0.1) is 20.7 Å². The zero-order valence-electron chi connectivity index (χ0n) is 13.9. The van der Waals surface area contributed by atoms with E-state index in [1.54, 1.807) is 0 Å². The Bertz CT molecular complexity index is 536. The van der Waals surface area contributed by atoms with Crippen LogP contribution in [-0.2, 0) is 9.84 Å². The first-order valence-corrected chi connectivity index (χ1v) is 11.0. The van der Waals surface area contributed by atoms with E-state index in [0.29, 0.717) is 6.42 Å². The van der Waals surface area contributed by atoms with Crippen molar-refractivity contribution in [2.75, 3.05) is 5.75 Å². The van der Waals surface area contributed by atoms with Gasteiger partial charge in [0.15, 0.2) is 9.84 Å². The maximum absolute atomic E-state index is 12.2. The normalized spacial score (nSPS) is 11.8. The summed E-state index contributed by atoms with van der Waals surface area (Å²) >= 11 is 11.6. The number of unbranched alkanes of at least 4 members (excludes halogenated alkanes) is 9. The van der Waals surface area contributed by atoms with Crippen molar-refractivity contribution in [1.29, 1.82) is 0 Å². The number of benzene rings is 1. The van der Waals surface area contributed by atoms with Crippen LogP contribution in [0.5, 0.6) is 0 Å². The van der Waals surface area contributed by atoms with E-state index in [9.17, 15) is 8.42 Å². The molecule has 1 rings (SSSR count). The zero-order valence-corrected chi connectivity index (χ0v) is 16.2. The first kappa shape index (κ1) is 20.8. The molecule has 0 aliphatic heterocycles. The third-order valence-electron chi connectivity index (χ3n) is 3.90. The summed E-state index contributed by atoms with van der Waals surface area (Å²) in [7, 11) is -3.30. The fourth-order valence-electron chi connectivity index (χ4n) is 2.55. The maximum atomic E-state index is 12.2. The maximum Gasteiger partial charge on any atom is 0.178 e.